The Balaban J connectivity index is 2.23. The van der Waals surface area contributed by atoms with Gasteiger partial charge in [0.2, 0.25) is 0 Å². The third-order valence-corrected chi connectivity index (χ3v) is 3.06. The molecule has 0 aliphatic heterocycles. The topological polar surface area (TPSA) is 49.3 Å². The van der Waals surface area contributed by atoms with Gasteiger partial charge in [0, 0.05) is 18.7 Å². The second-order valence-corrected chi connectivity index (χ2v) is 4.67. The van der Waals surface area contributed by atoms with Crippen LogP contribution in [0.4, 0.5) is 0 Å². The van der Waals surface area contributed by atoms with Crippen molar-refractivity contribution in [2.45, 2.75) is 45.6 Å². The zero-order chi connectivity index (χ0) is 11.3. The minimum atomic E-state index is -0.855. The fourth-order valence-electron chi connectivity index (χ4n) is 2.03. The van der Waals surface area contributed by atoms with Gasteiger partial charge >= 0.3 is 5.97 Å². The van der Waals surface area contributed by atoms with Crippen molar-refractivity contribution in [2.75, 3.05) is 6.54 Å². The van der Waals surface area contributed by atoms with E-state index in [0.717, 1.165) is 11.5 Å². The second kappa shape index (κ2) is 5.91. The van der Waals surface area contributed by atoms with E-state index in [1.165, 1.54) is 31.8 Å². The van der Waals surface area contributed by atoms with E-state index in [0.29, 0.717) is 12.6 Å². The van der Waals surface area contributed by atoms with Crippen LogP contribution in [0.5, 0.6) is 0 Å². The summed E-state index contributed by atoms with van der Waals surface area (Å²) >= 11 is 0. The van der Waals surface area contributed by atoms with Gasteiger partial charge in [-0.05, 0) is 38.5 Å². The van der Waals surface area contributed by atoms with Crippen LogP contribution in [0.25, 0.3) is 0 Å². The van der Waals surface area contributed by atoms with Crippen molar-refractivity contribution in [3.63, 3.8) is 0 Å². The van der Waals surface area contributed by atoms with Crippen LogP contribution in [0.15, 0.2) is 11.6 Å². The summed E-state index contributed by atoms with van der Waals surface area (Å²) in [6.07, 6.45) is 6.31. The fraction of sp³-hybridized carbons (Fsp3) is 0.750. The number of hydrogen-bond acceptors (Lipinski definition) is 2. The molecule has 0 spiro atoms. The van der Waals surface area contributed by atoms with Crippen molar-refractivity contribution in [1.82, 2.24) is 5.32 Å². The average molecular weight is 211 g/mol. The van der Waals surface area contributed by atoms with Gasteiger partial charge in [-0.15, -0.1) is 0 Å². The summed E-state index contributed by atoms with van der Waals surface area (Å²) in [5.41, 5.74) is 0.890. The Hall–Kier alpha value is -0.830. The van der Waals surface area contributed by atoms with Gasteiger partial charge in [0.25, 0.3) is 0 Å². The van der Waals surface area contributed by atoms with E-state index in [4.69, 9.17) is 5.11 Å². The molecule has 0 aromatic heterocycles. The maximum Gasteiger partial charge on any atom is 0.328 e. The lowest BCUT2D eigenvalue weighted by molar-refractivity contribution is -0.131. The Labute approximate surface area is 91.6 Å². The van der Waals surface area contributed by atoms with Gasteiger partial charge in [0.05, 0.1) is 0 Å². The number of rotatable bonds is 4. The molecule has 0 bridgehead atoms. The van der Waals surface area contributed by atoms with E-state index in [-0.39, 0.29) is 0 Å². The third kappa shape index (κ3) is 4.98. The Morgan fingerprint density at radius 3 is 2.53 bits per heavy atom. The van der Waals surface area contributed by atoms with Crippen LogP contribution in [-0.4, -0.2) is 23.7 Å². The van der Waals surface area contributed by atoms with Gasteiger partial charge in [-0.2, -0.15) is 0 Å². The summed E-state index contributed by atoms with van der Waals surface area (Å²) < 4.78 is 0. The molecule has 0 amide bonds. The first-order valence-corrected chi connectivity index (χ1v) is 5.71. The van der Waals surface area contributed by atoms with E-state index in [9.17, 15) is 4.79 Å². The predicted molar refractivity (Wildman–Crippen MR) is 60.8 cm³/mol. The molecule has 3 nitrogen and oxygen atoms in total. The van der Waals surface area contributed by atoms with Crippen LogP contribution >= 0.6 is 0 Å². The molecule has 2 N–H and O–H groups in total. The summed E-state index contributed by atoms with van der Waals surface area (Å²) in [6.45, 7) is 4.85. The first-order chi connectivity index (χ1) is 7.08. The quantitative estimate of drug-likeness (QED) is 0.701. The molecule has 1 aliphatic rings. The molecule has 1 rings (SSSR count). The standard InChI is InChI=1S/C12H21NO2/c1-9-3-5-11(6-4-9)13-8-10(2)7-12(14)15/h7,9,11,13H,3-6,8H2,1-2H3,(H,14,15). The van der Waals surface area contributed by atoms with Gasteiger partial charge in [0.15, 0.2) is 0 Å². The molecule has 15 heavy (non-hydrogen) atoms. The van der Waals surface area contributed by atoms with Gasteiger partial charge in [-0.1, -0.05) is 12.5 Å². The van der Waals surface area contributed by atoms with E-state index >= 15 is 0 Å². The Morgan fingerprint density at radius 2 is 2.00 bits per heavy atom. The molecular weight excluding hydrogens is 190 g/mol. The molecule has 0 saturated heterocycles. The smallest absolute Gasteiger partial charge is 0.328 e. The average Bonchev–Trinajstić information content (AvgIpc) is 2.16. The summed E-state index contributed by atoms with van der Waals surface area (Å²) in [5.74, 6) is 0.00488. The number of carboxylic acid groups (broad SMARTS) is 1. The summed E-state index contributed by atoms with van der Waals surface area (Å²) in [7, 11) is 0. The maximum atomic E-state index is 10.4. The summed E-state index contributed by atoms with van der Waals surface area (Å²) in [5, 5.41) is 12.0. The zero-order valence-corrected chi connectivity index (χ0v) is 9.62. The minimum Gasteiger partial charge on any atom is -0.478 e. The molecule has 3 heteroatoms. The highest BCUT2D eigenvalue weighted by atomic mass is 16.4. The molecule has 0 atom stereocenters. The number of aliphatic carboxylic acids is 1. The summed E-state index contributed by atoms with van der Waals surface area (Å²) in [4.78, 5) is 10.4. The third-order valence-electron chi connectivity index (χ3n) is 3.06. The van der Waals surface area contributed by atoms with Crippen molar-refractivity contribution in [3.8, 4) is 0 Å². The molecular formula is C12H21NO2. The van der Waals surface area contributed by atoms with Crippen molar-refractivity contribution in [1.29, 1.82) is 0 Å². The number of carboxylic acids is 1. The largest absolute Gasteiger partial charge is 0.478 e. The van der Waals surface area contributed by atoms with E-state index in [1.54, 1.807) is 0 Å². The van der Waals surface area contributed by atoms with Crippen LogP contribution < -0.4 is 5.32 Å². The van der Waals surface area contributed by atoms with Gasteiger partial charge < -0.3 is 10.4 Å². The molecule has 0 aromatic rings. The van der Waals surface area contributed by atoms with Crippen LogP contribution in [0.3, 0.4) is 0 Å². The number of hydrogen-bond donors (Lipinski definition) is 2. The molecule has 0 radical (unpaired) electrons. The molecule has 0 heterocycles. The predicted octanol–water partition coefficient (Wildman–Crippen LogP) is 2.19. The second-order valence-electron chi connectivity index (χ2n) is 4.67. The van der Waals surface area contributed by atoms with Crippen LogP contribution in [0, 0.1) is 5.92 Å². The van der Waals surface area contributed by atoms with Gasteiger partial charge in [0.1, 0.15) is 0 Å². The van der Waals surface area contributed by atoms with Crippen molar-refractivity contribution >= 4 is 5.97 Å². The lowest BCUT2D eigenvalue weighted by Gasteiger charge is -2.27. The van der Waals surface area contributed by atoms with Crippen LogP contribution in [0.2, 0.25) is 0 Å². The normalized spacial score (nSPS) is 27.7. The Bertz CT molecular complexity index is 240. The molecule has 1 aliphatic carbocycles. The van der Waals surface area contributed by atoms with E-state index in [1.807, 2.05) is 6.92 Å². The molecule has 1 saturated carbocycles. The first-order valence-electron chi connectivity index (χ1n) is 5.71. The highest BCUT2D eigenvalue weighted by Gasteiger charge is 2.17. The van der Waals surface area contributed by atoms with Crippen molar-refractivity contribution in [3.05, 3.63) is 11.6 Å². The van der Waals surface area contributed by atoms with Crippen molar-refractivity contribution < 1.29 is 9.90 Å². The lowest BCUT2D eigenvalue weighted by atomic mass is 9.87. The fourth-order valence-corrected chi connectivity index (χ4v) is 2.03. The van der Waals surface area contributed by atoms with Gasteiger partial charge in [-0.25, -0.2) is 4.79 Å². The monoisotopic (exact) mass is 211 g/mol. The highest BCUT2D eigenvalue weighted by molar-refractivity contribution is 5.80. The molecule has 1 fully saturated rings. The van der Waals surface area contributed by atoms with E-state index in [2.05, 4.69) is 12.2 Å². The SMILES string of the molecule is CC(=CC(=O)O)CNC1CCC(C)CC1. The zero-order valence-electron chi connectivity index (χ0n) is 9.62. The molecule has 0 unspecified atom stereocenters. The molecule has 0 aromatic carbocycles. The minimum absolute atomic E-state index is 0.582. The van der Waals surface area contributed by atoms with Crippen LogP contribution in [0.1, 0.15) is 39.5 Å². The Morgan fingerprint density at radius 1 is 1.40 bits per heavy atom. The first kappa shape index (κ1) is 12.2. The Kier molecular flexibility index (Phi) is 4.82. The van der Waals surface area contributed by atoms with Crippen LogP contribution in [-0.2, 0) is 4.79 Å². The van der Waals surface area contributed by atoms with Gasteiger partial charge in [-0.3, -0.25) is 0 Å². The summed E-state index contributed by atoms with van der Waals surface area (Å²) in [6, 6.07) is 0.582. The number of nitrogens with one attached hydrogen (secondary N) is 1. The van der Waals surface area contributed by atoms with Crippen molar-refractivity contribution in [2.24, 2.45) is 5.92 Å². The van der Waals surface area contributed by atoms with E-state index < -0.39 is 5.97 Å². The number of carbonyl (C=O) groups is 1. The lowest BCUT2D eigenvalue weighted by Crippen LogP contribution is -2.33. The maximum absolute atomic E-state index is 10.4. The molecule has 86 valence electrons. The highest BCUT2D eigenvalue weighted by Crippen LogP contribution is 2.23.